The van der Waals surface area contributed by atoms with E-state index < -0.39 is 0 Å². The fourth-order valence-electron chi connectivity index (χ4n) is 1.31. The van der Waals surface area contributed by atoms with Crippen molar-refractivity contribution in [2.45, 2.75) is 17.9 Å². The summed E-state index contributed by atoms with van der Waals surface area (Å²) in [5.74, 6) is 1.05. The van der Waals surface area contributed by atoms with Crippen LogP contribution in [0, 0.1) is 0 Å². The fraction of sp³-hybridized carbons (Fsp3) is 0.500. The molecule has 0 saturated carbocycles. The highest BCUT2D eigenvalue weighted by atomic mass is 35.5. The van der Waals surface area contributed by atoms with Crippen LogP contribution in [0.3, 0.4) is 0 Å². The number of benzene rings is 1. The zero-order valence-corrected chi connectivity index (χ0v) is 11.3. The molecule has 1 N–H and O–H groups in total. The van der Waals surface area contributed by atoms with Crippen LogP contribution in [-0.2, 0) is 4.74 Å². The first kappa shape index (κ1) is 13.8. The van der Waals surface area contributed by atoms with Crippen LogP contribution in [0.4, 0.5) is 0 Å². The number of thioether (sulfide) groups is 1. The zero-order valence-electron chi connectivity index (χ0n) is 9.70. The minimum atomic E-state index is 0.413. The fourth-order valence-corrected chi connectivity index (χ4v) is 2.22. The van der Waals surface area contributed by atoms with E-state index in [1.807, 2.05) is 36.0 Å². The molecule has 2 nitrogen and oxygen atoms in total. The Morgan fingerprint density at radius 3 is 2.69 bits per heavy atom. The van der Waals surface area contributed by atoms with Gasteiger partial charge in [0.25, 0.3) is 0 Å². The van der Waals surface area contributed by atoms with E-state index in [-0.39, 0.29) is 0 Å². The topological polar surface area (TPSA) is 21.3 Å². The molecule has 0 aliphatic rings. The maximum Gasteiger partial charge on any atom is 0.0613 e. The number of nitrogens with one attached hydrogen (secondary N) is 1. The van der Waals surface area contributed by atoms with Crippen LogP contribution in [0.5, 0.6) is 0 Å². The Morgan fingerprint density at radius 2 is 2.06 bits per heavy atom. The van der Waals surface area contributed by atoms with Gasteiger partial charge in [0.2, 0.25) is 0 Å². The maximum atomic E-state index is 5.81. The van der Waals surface area contributed by atoms with Gasteiger partial charge in [0.1, 0.15) is 0 Å². The zero-order chi connectivity index (χ0) is 11.8. The first-order valence-electron chi connectivity index (χ1n) is 5.33. The summed E-state index contributed by atoms with van der Waals surface area (Å²) < 4.78 is 5.05. The van der Waals surface area contributed by atoms with Crippen molar-refractivity contribution in [1.82, 2.24) is 5.32 Å². The molecule has 1 unspecified atom stereocenters. The molecule has 0 heterocycles. The molecule has 0 fully saturated rings. The molecular weight excluding hydrogens is 242 g/mol. The Bertz CT molecular complexity index is 292. The first-order valence-corrected chi connectivity index (χ1v) is 6.69. The van der Waals surface area contributed by atoms with Crippen molar-refractivity contribution in [2.75, 3.05) is 26.0 Å². The van der Waals surface area contributed by atoms with Crippen molar-refractivity contribution in [3.05, 3.63) is 29.3 Å². The van der Waals surface area contributed by atoms with Crippen molar-refractivity contribution in [3.63, 3.8) is 0 Å². The summed E-state index contributed by atoms with van der Waals surface area (Å²) in [7, 11) is 1.72. The molecule has 1 rings (SSSR count). The summed E-state index contributed by atoms with van der Waals surface area (Å²) >= 11 is 7.64. The molecule has 0 aromatic heterocycles. The highest BCUT2D eigenvalue weighted by molar-refractivity contribution is 7.99. The van der Waals surface area contributed by atoms with Gasteiger partial charge < -0.3 is 10.1 Å². The Labute approximate surface area is 107 Å². The molecule has 0 amide bonds. The largest absolute Gasteiger partial charge is 0.383 e. The van der Waals surface area contributed by atoms with Gasteiger partial charge in [-0.1, -0.05) is 11.6 Å². The molecule has 4 heteroatoms. The average molecular weight is 260 g/mol. The minimum absolute atomic E-state index is 0.413. The third-order valence-electron chi connectivity index (χ3n) is 2.09. The van der Waals surface area contributed by atoms with Crippen molar-refractivity contribution < 1.29 is 4.74 Å². The second-order valence-corrected chi connectivity index (χ2v) is 5.22. The number of halogens is 1. The molecule has 0 aliphatic carbocycles. The third kappa shape index (κ3) is 5.75. The van der Waals surface area contributed by atoms with Gasteiger partial charge in [-0.05, 0) is 31.2 Å². The van der Waals surface area contributed by atoms with E-state index in [0.717, 1.165) is 23.9 Å². The van der Waals surface area contributed by atoms with E-state index >= 15 is 0 Å². The van der Waals surface area contributed by atoms with Gasteiger partial charge in [-0.3, -0.25) is 0 Å². The predicted molar refractivity (Wildman–Crippen MR) is 71.5 cm³/mol. The van der Waals surface area contributed by atoms with E-state index in [9.17, 15) is 0 Å². The number of hydrogen-bond donors (Lipinski definition) is 1. The number of methoxy groups -OCH3 is 1. The van der Waals surface area contributed by atoms with Crippen molar-refractivity contribution in [2.24, 2.45) is 0 Å². The highest BCUT2D eigenvalue weighted by Crippen LogP contribution is 2.19. The molecule has 90 valence electrons. The molecule has 0 radical (unpaired) electrons. The predicted octanol–water partition coefficient (Wildman–Crippen LogP) is 3.06. The number of ether oxygens (including phenoxy) is 1. The summed E-state index contributed by atoms with van der Waals surface area (Å²) in [5, 5.41) is 4.18. The van der Waals surface area contributed by atoms with Gasteiger partial charge in [-0.25, -0.2) is 0 Å². The highest BCUT2D eigenvalue weighted by Gasteiger charge is 1.99. The van der Waals surface area contributed by atoms with Crippen LogP contribution < -0.4 is 5.32 Å². The lowest BCUT2D eigenvalue weighted by Gasteiger charge is -2.12. The lowest BCUT2D eigenvalue weighted by molar-refractivity contribution is 0.173. The summed E-state index contributed by atoms with van der Waals surface area (Å²) in [5.41, 5.74) is 0. The third-order valence-corrected chi connectivity index (χ3v) is 3.36. The van der Waals surface area contributed by atoms with Crippen molar-refractivity contribution in [3.8, 4) is 0 Å². The molecule has 16 heavy (non-hydrogen) atoms. The molecule has 1 aromatic carbocycles. The Balaban J connectivity index is 2.13. The average Bonchev–Trinajstić information content (AvgIpc) is 2.27. The van der Waals surface area contributed by atoms with Crippen LogP contribution in [0.25, 0.3) is 0 Å². The molecule has 0 saturated heterocycles. The number of hydrogen-bond acceptors (Lipinski definition) is 3. The second kappa shape index (κ2) is 7.96. The molecular formula is C12H18ClNOS. The van der Waals surface area contributed by atoms with Crippen LogP contribution >= 0.6 is 23.4 Å². The summed E-state index contributed by atoms with van der Waals surface area (Å²) in [6.07, 6.45) is 0. The normalized spacial score (nSPS) is 12.7. The van der Waals surface area contributed by atoms with E-state index in [4.69, 9.17) is 16.3 Å². The summed E-state index contributed by atoms with van der Waals surface area (Å²) in [6, 6.07) is 8.35. The van der Waals surface area contributed by atoms with Gasteiger partial charge in [0.15, 0.2) is 0 Å². The van der Waals surface area contributed by atoms with Crippen molar-refractivity contribution >= 4 is 23.4 Å². The van der Waals surface area contributed by atoms with Crippen LogP contribution in [0.15, 0.2) is 29.2 Å². The molecule has 0 bridgehead atoms. The second-order valence-electron chi connectivity index (χ2n) is 3.61. The van der Waals surface area contributed by atoms with Gasteiger partial charge >= 0.3 is 0 Å². The van der Waals surface area contributed by atoms with Crippen LogP contribution in [0.1, 0.15) is 6.92 Å². The smallest absolute Gasteiger partial charge is 0.0613 e. The van der Waals surface area contributed by atoms with Crippen molar-refractivity contribution in [1.29, 1.82) is 0 Å². The molecule has 1 aromatic rings. The van der Waals surface area contributed by atoms with Crippen LogP contribution in [-0.4, -0.2) is 32.1 Å². The SMILES string of the molecule is COCC(C)NCCSc1ccc(Cl)cc1. The summed E-state index contributed by atoms with van der Waals surface area (Å²) in [4.78, 5) is 1.26. The standard InChI is InChI=1S/C12H18ClNOS/c1-10(9-15-2)14-7-8-16-12-5-3-11(13)4-6-12/h3-6,10,14H,7-9H2,1-2H3. The lowest BCUT2D eigenvalue weighted by Crippen LogP contribution is -2.31. The molecule has 0 spiro atoms. The van der Waals surface area contributed by atoms with E-state index in [1.54, 1.807) is 7.11 Å². The van der Waals surface area contributed by atoms with Gasteiger partial charge in [0.05, 0.1) is 6.61 Å². The van der Waals surface area contributed by atoms with Gasteiger partial charge in [-0.15, -0.1) is 11.8 Å². The molecule has 1 atom stereocenters. The van der Waals surface area contributed by atoms with Gasteiger partial charge in [0, 0.05) is 35.4 Å². The van der Waals surface area contributed by atoms with Crippen LogP contribution in [0.2, 0.25) is 5.02 Å². The van der Waals surface area contributed by atoms with E-state index in [0.29, 0.717) is 6.04 Å². The maximum absolute atomic E-state index is 5.81. The Kier molecular flexibility index (Phi) is 6.88. The monoisotopic (exact) mass is 259 g/mol. The van der Waals surface area contributed by atoms with E-state index in [1.165, 1.54) is 4.90 Å². The van der Waals surface area contributed by atoms with E-state index in [2.05, 4.69) is 12.2 Å². The lowest BCUT2D eigenvalue weighted by atomic mass is 10.4. The number of rotatable bonds is 7. The molecule has 0 aliphatic heterocycles. The summed E-state index contributed by atoms with van der Waals surface area (Å²) in [6.45, 7) is 3.86. The van der Waals surface area contributed by atoms with Gasteiger partial charge in [-0.2, -0.15) is 0 Å². The Morgan fingerprint density at radius 1 is 1.38 bits per heavy atom. The quantitative estimate of drug-likeness (QED) is 0.601. The Hall–Kier alpha value is -0.220. The minimum Gasteiger partial charge on any atom is -0.383 e. The first-order chi connectivity index (χ1) is 7.72.